The van der Waals surface area contributed by atoms with Crippen LogP contribution in [0.4, 0.5) is 0 Å². The molecular formula is C11H17N4OP. The first-order valence-corrected chi connectivity index (χ1v) is 7.78. The van der Waals surface area contributed by atoms with Crippen LogP contribution < -0.4 is 5.30 Å². The average molecular weight is 252 g/mol. The summed E-state index contributed by atoms with van der Waals surface area (Å²) in [5.74, 6) is 0. The number of hydrogen-bond acceptors (Lipinski definition) is 3. The normalized spacial score (nSPS) is 11.6. The van der Waals surface area contributed by atoms with E-state index in [1.54, 1.807) is 0 Å². The van der Waals surface area contributed by atoms with E-state index in [1.165, 1.54) is 6.21 Å². The minimum atomic E-state index is -2.69. The summed E-state index contributed by atoms with van der Waals surface area (Å²) in [5.41, 5.74) is 9.38. The zero-order valence-corrected chi connectivity index (χ0v) is 10.8. The van der Waals surface area contributed by atoms with E-state index in [4.69, 9.17) is 10.9 Å². The van der Waals surface area contributed by atoms with Gasteiger partial charge in [-0.2, -0.15) is 0 Å². The van der Waals surface area contributed by atoms with Crippen LogP contribution in [0.5, 0.6) is 0 Å². The molecule has 0 heterocycles. The van der Waals surface area contributed by atoms with Gasteiger partial charge in [0.1, 0.15) is 0 Å². The molecule has 0 spiro atoms. The molecule has 0 aliphatic heterocycles. The Morgan fingerprint density at radius 2 is 2.12 bits per heavy atom. The molecule has 92 valence electrons. The van der Waals surface area contributed by atoms with Crippen molar-refractivity contribution in [3.63, 3.8) is 0 Å². The van der Waals surface area contributed by atoms with Crippen molar-refractivity contribution in [3.8, 4) is 0 Å². The Hall–Kier alpha value is -1.41. The van der Waals surface area contributed by atoms with Crippen LogP contribution in [-0.4, -0.2) is 30.0 Å². The maximum absolute atomic E-state index is 10.6. The Balaban J connectivity index is 2.92. The second kappa shape index (κ2) is 6.36. The van der Waals surface area contributed by atoms with Gasteiger partial charge in [0.05, 0.1) is 0 Å². The van der Waals surface area contributed by atoms with E-state index in [0.29, 0.717) is 12.3 Å². The average Bonchev–Trinajstić information content (AvgIpc) is 2.30. The summed E-state index contributed by atoms with van der Waals surface area (Å²) >= 11 is 0. The van der Waals surface area contributed by atoms with Crippen LogP contribution in [0, 0.1) is 12.3 Å². The molecule has 5 nitrogen and oxygen atoms in total. The van der Waals surface area contributed by atoms with Gasteiger partial charge >= 0.3 is 100 Å². The molecule has 2 N–H and O–H groups in total. The molecule has 0 saturated carbocycles. The zero-order valence-electron chi connectivity index (χ0n) is 9.80. The van der Waals surface area contributed by atoms with Crippen molar-refractivity contribution in [2.24, 2.45) is 5.11 Å². The van der Waals surface area contributed by atoms with Crippen molar-refractivity contribution in [2.45, 2.75) is 6.92 Å². The molecule has 0 aliphatic carbocycles. The molecule has 0 unspecified atom stereocenters. The molecular weight excluding hydrogens is 235 g/mol. The molecule has 0 fully saturated rings. The molecule has 1 aromatic rings. The first-order valence-electron chi connectivity index (χ1n) is 5.42. The number of hydrogen-bond donors (Lipinski definition) is 2. The quantitative estimate of drug-likeness (QED) is 0.262. The third-order valence-electron chi connectivity index (χ3n) is 2.72. The van der Waals surface area contributed by atoms with Gasteiger partial charge in [-0.1, -0.05) is 0 Å². The standard InChI is InChI=1S/C11H17N4OP/c1-10-2-4-11(5-3-10)17(16,8-6-12)9-7-14-15-13/h2-6,12,16-17H,7-9H2,1H3. The van der Waals surface area contributed by atoms with Crippen LogP contribution in [0.25, 0.3) is 10.4 Å². The summed E-state index contributed by atoms with van der Waals surface area (Å²) in [6.07, 6.45) is 2.05. The van der Waals surface area contributed by atoms with E-state index in [1.807, 2.05) is 31.2 Å². The SMILES string of the molecule is Cc1ccc([PH](O)(CC=N)CCN=[N+]=[N-])cc1. The fourth-order valence-electron chi connectivity index (χ4n) is 1.68. The summed E-state index contributed by atoms with van der Waals surface area (Å²) in [6, 6.07) is 7.71. The summed E-state index contributed by atoms with van der Waals surface area (Å²) in [4.78, 5) is 13.3. The number of nitrogens with one attached hydrogen (secondary N) is 1. The van der Waals surface area contributed by atoms with Gasteiger partial charge in [-0.15, -0.1) is 0 Å². The summed E-state index contributed by atoms with van der Waals surface area (Å²) in [7, 11) is -2.69. The fourth-order valence-corrected chi connectivity index (χ4v) is 4.00. The predicted molar refractivity (Wildman–Crippen MR) is 73.9 cm³/mol. The van der Waals surface area contributed by atoms with Gasteiger partial charge in [0, 0.05) is 0 Å². The number of azide groups is 1. The van der Waals surface area contributed by atoms with Crippen LogP contribution in [0.3, 0.4) is 0 Å². The van der Waals surface area contributed by atoms with Crippen molar-refractivity contribution >= 4 is 19.0 Å². The van der Waals surface area contributed by atoms with Gasteiger partial charge in [-0.25, -0.2) is 0 Å². The summed E-state index contributed by atoms with van der Waals surface area (Å²) < 4.78 is 0. The Bertz CT molecular complexity index is 428. The first kappa shape index (κ1) is 13.7. The van der Waals surface area contributed by atoms with Crippen molar-refractivity contribution in [1.82, 2.24) is 0 Å². The van der Waals surface area contributed by atoms with E-state index >= 15 is 0 Å². The van der Waals surface area contributed by atoms with E-state index in [9.17, 15) is 4.89 Å². The van der Waals surface area contributed by atoms with E-state index in [2.05, 4.69) is 10.0 Å². The number of nitrogens with zero attached hydrogens (tertiary/aromatic N) is 3. The summed E-state index contributed by atoms with van der Waals surface area (Å²) in [6.45, 7) is 2.27. The molecule has 0 amide bonds. The van der Waals surface area contributed by atoms with Crippen LogP contribution in [0.1, 0.15) is 5.56 Å². The first-order chi connectivity index (χ1) is 8.12. The third kappa shape index (κ3) is 3.82. The molecule has 0 saturated heterocycles. The summed E-state index contributed by atoms with van der Waals surface area (Å²) in [5, 5.41) is 11.5. The van der Waals surface area contributed by atoms with Gasteiger partial charge in [0.15, 0.2) is 0 Å². The molecule has 0 atom stereocenters. The van der Waals surface area contributed by atoms with Gasteiger partial charge in [0.25, 0.3) is 0 Å². The molecule has 0 aromatic heterocycles. The van der Waals surface area contributed by atoms with Crippen LogP contribution in [-0.2, 0) is 0 Å². The Kier molecular flexibility index (Phi) is 5.11. The monoisotopic (exact) mass is 252 g/mol. The van der Waals surface area contributed by atoms with Crippen LogP contribution in [0.2, 0.25) is 0 Å². The predicted octanol–water partition coefficient (Wildman–Crippen LogP) is 2.24. The van der Waals surface area contributed by atoms with Crippen molar-refractivity contribution in [2.75, 3.05) is 18.9 Å². The Labute approximate surface area is 101 Å². The number of aryl methyl sites for hydroxylation is 1. The molecule has 1 aromatic carbocycles. The third-order valence-corrected chi connectivity index (χ3v) is 6.06. The maximum atomic E-state index is 10.6. The fraction of sp³-hybridized carbons (Fsp3) is 0.364. The van der Waals surface area contributed by atoms with Gasteiger partial charge in [0.2, 0.25) is 0 Å². The Morgan fingerprint density at radius 1 is 1.47 bits per heavy atom. The number of rotatable bonds is 6. The molecule has 0 radical (unpaired) electrons. The van der Waals surface area contributed by atoms with Crippen LogP contribution >= 0.6 is 7.49 Å². The molecule has 17 heavy (non-hydrogen) atoms. The van der Waals surface area contributed by atoms with Crippen molar-refractivity contribution < 1.29 is 4.89 Å². The molecule has 6 heteroatoms. The zero-order chi connectivity index (χ0) is 12.7. The second-order valence-electron chi connectivity index (χ2n) is 4.01. The molecule has 1 rings (SSSR count). The number of benzene rings is 1. The molecule has 0 aliphatic rings. The van der Waals surface area contributed by atoms with Crippen molar-refractivity contribution in [3.05, 3.63) is 40.3 Å². The van der Waals surface area contributed by atoms with Gasteiger partial charge in [-0.05, 0) is 0 Å². The van der Waals surface area contributed by atoms with Crippen LogP contribution in [0.15, 0.2) is 29.4 Å². The van der Waals surface area contributed by atoms with E-state index < -0.39 is 7.49 Å². The molecule has 0 bridgehead atoms. The second-order valence-corrected chi connectivity index (χ2v) is 7.56. The minimum absolute atomic E-state index is 0.279. The van der Waals surface area contributed by atoms with Gasteiger partial charge < -0.3 is 0 Å². The Morgan fingerprint density at radius 3 is 2.65 bits per heavy atom. The van der Waals surface area contributed by atoms with Gasteiger partial charge in [-0.3, -0.25) is 0 Å². The van der Waals surface area contributed by atoms with E-state index in [0.717, 1.165) is 10.9 Å². The van der Waals surface area contributed by atoms with Crippen molar-refractivity contribution in [1.29, 1.82) is 5.41 Å². The van der Waals surface area contributed by atoms with E-state index in [-0.39, 0.29) is 6.54 Å². The topological polar surface area (TPSA) is 92.8 Å².